The molecule has 0 bridgehead atoms. The van der Waals surface area contributed by atoms with Gasteiger partial charge in [-0.1, -0.05) is 26.7 Å². The van der Waals surface area contributed by atoms with E-state index in [0.717, 1.165) is 12.8 Å². The van der Waals surface area contributed by atoms with Crippen molar-refractivity contribution in [3.05, 3.63) is 46.0 Å². The molecule has 0 saturated heterocycles. The van der Waals surface area contributed by atoms with Crippen LogP contribution in [0.25, 0.3) is 10.9 Å². The van der Waals surface area contributed by atoms with Crippen molar-refractivity contribution in [1.29, 1.82) is 0 Å². The molecule has 0 radical (unpaired) electrons. The van der Waals surface area contributed by atoms with Gasteiger partial charge in [0.25, 0.3) is 5.91 Å². The van der Waals surface area contributed by atoms with Gasteiger partial charge in [-0.05, 0) is 31.0 Å². The van der Waals surface area contributed by atoms with Crippen LogP contribution in [0.15, 0.2) is 29.1 Å². The zero-order valence-electron chi connectivity index (χ0n) is 14.0. The molecule has 130 valence electrons. The first kappa shape index (κ1) is 18.1. The molecule has 1 heterocycles. The Balaban J connectivity index is 2.27. The standard InChI is InChI=1S/C18H23FN2O3/c1-3-7-18(24,8-4-2)11-20-17(23)14-10-16(22)21-15-9-12(19)5-6-13(14)15/h5-6,9-10,24H,3-4,7-8,11H2,1-2H3,(H,20,23)(H,21,22). The van der Waals surface area contributed by atoms with Crippen LogP contribution in [0.5, 0.6) is 0 Å². The Kier molecular flexibility index (Phi) is 5.72. The van der Waals surface area contributed by atoms with Crippen molar-refractivity contribution >= 4 is 16.8 Å². The molecule has 0 fully saturated rings. The van der Waals surface area contributed by atoms with E-state index in [9.17, 15) is 19.1 Å². The Morgan fingerprint density at radius 2 is 1.92 bits per heavy atom. The first-order valence-corrected chi connectivity index (χ1v) is 8.21. The van der Waals surface area contributed by atoms with E-state index in [4.69, 9.17) is 0 Å². The number of H-pyrrole nitrogens is 1. The number of aliphatic hydroxyl groups is 1. The molecule has 6 heteroatoms. The third kappa shape index (κ3) is 4.20. The lowest BCUT2D eigenvalue weighted by atomic mass is 9.92. The summed E-state index contributed by atoms with van der Waals surface area (Å²) in [4.78, 5) is 26.7. The van der Waals surface area contributed by atoms with Gasteiger partial charge in [-0.2, -0.15) is 0 Å². The molecular weight excluding hydrogens is 311 g/mol. The third-order valence-corrected chi connectivity index (χ3v) is 4.06. The highest BCUT2D eigenvalue weighted by molar-refractivity contribution is 6.05. The van der Waals surface area contributed by atoms with E-state index in [1.165, 1.54) is 24.3 Å². The third-order valence-electron chi connectivity index (χ3n) is 4.06. The summed E-state index contributed by atoms with van der Waals surface area (Å²) in [6.07, 6.45) is 2.78. The summed E-state index contributed by atoms with van der Waals surface area (Å²) in [7, 11) is 0. The predicted octanol–water partition coefficient (Wildman–Crippen LogP) is 2.73. The lowest BCUT2D eigenvalue weighted by molar-refractivity contribution is 0.0213. The van der Waals surface area contributed by atoms with Crippen molar-refractivity contribution in [3.63, 3.8) is 0 Å². The van der Waals surface area contributed by atoms with Crippen molar-refractivity contribution < 1.29 is 14.3 Å². The largest absolute Gasteiger partial charge is 0.388 e. The van der Waals surface area contributed by atoms with E-state index in [-0.39, 0.29) is 17.6 Å². The highest BCUT2D eigenvalue weighted by atomic mass is 19.1. The summed E-state index contributed by atoms with van der Waals surface area (Å²) in [5.41, 5.74) is -0.993. The minimum Gasteiger partial charge on any atom is -0.388 e. The van der Waals surface area contributed by atoms with Crippen LogP contribution in [0.2, 0.25) is 0 Å². The molecule has 3 N–H and O–H groups in total. The van der Waals surface area contributed by atoms with Gasteiger partial charge >= 0.3 is 0 Å². The van der Waals surface area contributed by atoms with E-state index in [1.807, 2.05) is 13.8 Å². The Morgan fingerprint density at radius 3 is 2.54 bits per heavy atom. The monoisotopic (exact) mass is 334 g/mol. The number of pyridine rings is 1. The summed E-state index contributed by atoms with van der Waals surface area (Å²) < 4.78 is 13.3. The fourth-order valence-electron chi connectivity index (χ4n) is 2.99. The smallest absolute Gasteiger partial charge is 0.252 e. The number of aromatic amines is 1. The van der Waals surface area contributed by atoms with Crippen LogP contribution >= 0.6 is 0 Å². The maximum absolute atomic E-state index is 13.3. The van der Waals surface area contributed by atoms with Crippen LogP contribution in [-0.2, 0) is 0 Å². The van der Waals surface area contributed by atoms with Crippen molar-refractivity contribution in [1.82, 2.24) is 10.3 Å². The van der Waals surface area contributed by atoms with E-state index in [1.54, 1.807) is 0 Å². The van der Waals surface area contributed by atoms with Gasteiger partial charge in [-0.15, -0.1) is 0 Å². The molecule has 2 aromatic rings. The Bertz CT molecular complexity index is 779. The number of hydrogen-bond acceptors (Lipinski definition) is 3. The van der Waals surface area contributed by atoms with Gasteiger partial charge in [0, 0.05) is 18.0 Å². The predicted molar refractivity (Wildman–Crippen MR) is 91.6 cm³/mol. The first-order valence-electron chi connectivity index (χ1n) is 8.21. The number of carbonyl (C=O) groups excluding carboxylic acids is 1. The molecule has 24 heavy (non-hydrogen) atoms. The molecule has 1 aromatic carbocycles. The zero-order valence-corrected chi connectivity index (χ0v) is 14.0. The maximum atomic E-state index is 13.3. The van der Waals surface area contributed by atoms with Crippen LogP contribution in [-0.4, -0.2) is 28.1 Å². The Morgan fingerprint density at radius 1 is 1.25 bits per heavy atom. The number of benzene rings is 1. The lowest BCUT2D eigenvalue weighted by Crippen LogP contribution is -2.43. The van der Waals surface area contributed by atoms with Crippen molar-refractivity contribution in [2.75, 3.05) is 6.54 Å². The van der Waals surface area contributed by atoms with Crippen molar-refractivity contribution in [2.24, 2.45) is 0 Å². The average molecular weight is 334 g/mol. The van der Waals surface area contributed by atoms with Gasteiger partial charge < -0.3 is 15.4 Å². The van der Waals surface area contributed by atoms with Crippen LogP contribution in [0.1, 0.15) is 49.9 Å². The van der Waals surface area contributed by atoms with E-state index >= 15 is 0 Å². The molecule has 1 amide bonds. The molecule has 0 aliphatic rings. The average Bonchev–Trinajstić information content (AvgIpc) is 2.52. The summed E-state index contributed by atoms with van der Waals surface area (Å²) in [5.74, 6) is -0.945. The molecular formula is C18H23FN2O3. The second-order valence-corrected chi connectivity index (χ2v) is 6.14. The molecule has 0 saturated carbocycles. The number of fused-ring (bicyclic) bond motifs is 1. The van der Waals surface area contributed by atoms with Crippen LogP contribution in [0, 0.1) is 5.82 Å². The molecule has 0 atom stereocenters. The highest BCUT2D eigenvalue weighted by Gasteiger charge is 2.26. The Hall–Kier alpha value is -2.21. The van der Waals surface area contributed by atoms with Gasteiger partial charge in [0.2, 0.25) is 5.56 Å². The number of rotatable bonds is 7. The molecule has 0 spiro atoms. The number of halogens is 1. The van der Waals surface area contributed by atoms with Crippen LogP contribution in [0.4, 0.5) is 4.39 Å². The van der Waals surface area contributed by atoms with Gasteiger partial charge in [0.15, 0.2) is 0 Å². The summed E-state index contributed by atoms with van der Waals surface area (Å²) in [6, 6.07) is 5.06. The second kappa shape index (κ2) is 7.57. The topological polar surface area (TPSA) is 82.2 Å². The number of hydrogen-bond donors (Lipinski definition) is 3. The molecule has 5 nitrogen and oxygen atoms in total. The molecule has 0 aliphatic heterocycles. The fraction of sp³-hybridized carbons (Fsp3) is 0.444. The van der Waals surface area contributed by atoms with Gasteiger partial charge in [-0.25, -0.2) is 4.39 Å². The normalized spacial score (nSPS) is 11.7. The van der Waals surface area contributed by atoms with Crippen LogP contribution < -0.4 is 10.9 Å². The summed E-state index contributed by atoms with van der Waals surface area (Å²) in [5, 5.41) is 13.7. The number of nitrogens with one attached hydrogen (secondary N) is 2. The quantitative estimate of drug-likeness (QED) is 0.728. The molecule has 0 unspecified atom stereocenters. The number of amides is 1. The molecule has 2 rings (SSSR count). The molecule has 1 aromatic heterocycles. The maximum Gasteiger partial charge on any atom is 0.252 e. The Labute approximate surface area is 139 Å². The van der Waals surface area contributed by atoms with Crippen LogP contribution in [0.3, 0.4) is 0 Å². The fourth-order valence-corrected chi connectivity index (χ4v) is 2.99. The van der Waals surface area contributed by atoms with E-state index < -0.39 is 22.9 Å². The number of aromatic nitrogens is 1. The minimum atomic E-state index is -0.956. The first-order chi connectivity index (χ1) is 11.4. The summed E-state index contributed by atoms with van der Waals surface area (Å²) >= 11 is 0. The lowest BCUT2D eigenvalue weighted by Gasteiger charge is -2.27. The van der Waals surface area contributed by atoms with E-state index in [0.29, 0.717) is 18.2 Å². The molecule has 0 aliphatic carbocycles. The SMILES string of the molecule is CCCC(O)(CCC)CNC(=O)c1cc(=O)[nH]c2cc(F)ccc12. The van der Waals surface area contributed by atoms with Crippen molar-refractivity contribution in [2.45, 2.75) is 45.1 Å². The van der Waals surface area contributed by atoms with Gasteiger partial charge in [0.1, 0.15) is 5.82 Å². The zero-order chi connectivity index (χ0) is 17.7. The second-order valence-electron chi connectivity index (χ2n) is 6.14. The van der Waals surface area contributed by atoms with Crippen molar-refractivity contribution in [3.8, 4) is 0 Å². The van der Waals surface area contributed by atoms with E-state index in [2.05, 4.69) is 10.3 Å². The minimum absolute atomic E-state index is 0.114. The summed E-state index contributed by atoms with van der Waals surface area (Å²) in [6.45, 7) is 4.06. The van der Waals surface area contributed by atoms with Gasteiger partial charge in [0.05, 0.1) is 16.7 Å². The highest BCUT2D eigenvalue weighted by Crippen LogP contribution is 2.20. The van der Waals surface area contributed by atoms with Gasteiger partial charge in [-0.3, -0.25) is 9.59 Å². The number of carbonyl (C=O) groups is 1.